The number of hydrogen-bond donors (Lipinski definition) is 2. The largest absolute Gasteiger partial charge is 0.343 e. The molecule has 142 valence electrons. The van der Waals surface area contributed by atoms with Gasteiger partial charge in [-0.1, -0.05) is 18.2 Å². The first-order valence-electron chi connectivity index (χ1n) is 8.25. The molecule has 0 bridgehead atoms. The highest BCUT2D eigenvalue weighted by molar-refractivity contribution is 14.0. The number of piperidine rings is 1. The highest BCUT2D eigenvalue weighted by atomic mass is 127. The molecule has 0 spiro atoms. The molecular formula is C17H23IN4O2S2. The maximum Gasteiger partial charge on any atom is 0.247 e. The van der Waals surface area contributed by atoms with Crippen molar-refractivity contribution in [2.75, 3.05) is 18.4 Å². The molecule has 2 heterocycles. The van der Waals surface area contributed by atoms with Crippen LogP contribution in [0.25, 0.3) is 0 Å². The van der Waals surface area contributed by atoms with E-state index in [0.717, 1.165) is 42.5 Å². The van der Waals surface area contributed by atoms with Crippen molar-refractivity contribution in [1.82, 2.24) is 4.90 Å². The van der Waals surface area contributed by atoms with E-state index in [4.69, 9.17) is 10.1 Å². The number of nitrogens with zero attached hydrogens (tertiary/aromatic N) is 2. The van der Waals surface area contributed by atoms with Crippen LogP contribution in [0.3, 0.4) is 0 Å². The lowest BCUT2D eigenvalue weighted by Gasteiger charge is -2.30. The molecule has 0 amide bonds. The minimum Gasteiger partial charge on any atom is -0.343 e. The van der Waals surface area contributed by atoms with Crippen molar-refractivity contribution >= 4 is 57.0 Å². The second-order valence-corrected chi connectivity index (χ2v) is 8.90. The quantitative estimate of drug-likeness (QED) is 0.378. The standard InChI is InChI=1S/C17H22N4O2S2.HI/c18-25(22,23)16-10-9-15(24-16)13-19-17(21-11-5-2-6-12-21)20-14-7-3-1-4-8-14;/h1,3-4,7-10H,2,5-6,11-13H2,(H,19,20)(H2,18,22,23);1H. The summed E-state index contributed by atoms with van der Waals surface area (Å²) in [6.07, 6.45) is 3.56. The molecule has 3 rings (SSSR count). The predicted molar refractivity (Wildman–Crippen MR) is 118 cm³/mol. The average molecular weight is 506 g/mol. The van der Waals surface area contributed by atoms with E-state index in [2.05, 4.69) is 10.2 Å². The van der Waals surface area contributed by atoms with E-state index in [0.29, 0.717) is 6.54 Å². The van der Waals surface area contributed by atoms with Gasteiger partial charge in [0, 0.05) is 23.7 Å². The Hall–Kier alpha value is -1.17. The van der Waals surface area contributed by atoms with Crippen molar-refractivity contribution in [3.63, 3.8) is 0 Å². The number of anilines is 1. The summed E-state index contributed by atoms with van der Waals surface area (Å²) in [5, 5.41) is 8.57. The molecule has 26 heavy (non-hydrogen) atoms. The number of primary sulfonamides is 1. The summed E-state index contributed by atoms with van der Waals surface area (Å²) >= 11 is 1.17. The average Bonchev–Trinajstić information content (AvgIpc) is 3.10. The number of aliphatic imine (C=N–C) groups is 1. The molecule has 1 aliphatic heterocycles. The summed E-state index contributed by atoms with van der Waals surface area (Å²) in [5.41, 5.74) is 0.989. The smallest absolute Gasteiger partial charge is 0.247 e. The van der Waals surface area contributed by atoms with Gasteiger partial charge in [0.1, 0.15) is 4.21 Å². The third-order valence-corrected chi connectivity index (χ3v) is 6.50. The number of para-hydroxylation sites is 1. The van der Waals surface area contributed by atoms with Crippen LogP contribution in [0.1, 0.15) is 24.1 Å². The van der Waals surface area contributed by atoms with Gasteiger partial charge in [-0.2, -0.15) is 0 Å². The van der Waals surface area contributed by atoms with E-state index in [1.807, 2.05) is 30.3 Å². The summed E-state index contributed by atoms with van der Waals surface area (Å²) in [6, 6.07) is 13.2. The number of nitrogens with one attached hydrogen (secondary N) is 1. The molecule has 0 atom stereocenters. The van der Waals surface area contributed by atoms with Gasteiger partial charge in [-0.05, 0) is 43.5 Å². The van der Waals surface area contributed by atoms with Crippen LogP contribution in [0.5, 0.6) is 0 Å². The third-order valence-electron chi connectivity index (χ3n) is 3.99. The molecule has 1 aromatic carbocycles. The highest BCUT2D eigenvalue weighted by Gasteiger charge is 2.16. The molecular weight excluding hydrogens is 483 g/mol. The Balaban J connectivity index is 0.00000243. The maximum atomic E-state index is 11.4. The Morgan fingerprint density at radius 3 is 2.42 bits per heavy atom. The van der Waals surface area contributed by atoms with Crippen molar-refractivity contribution in [3.8, 4) is 0 Å². The SMILES string of the molecule is I.NS(=O)(=O)c1ccc(CN=C(Nc2ccccc2)N2CCCCC2)s1. The Kier molecular flexibility index (Phi) is 7.86. The number of likely N-dealkylation sites (tertiary alicyclic amines) is 1. The van der Waals surface area contributed by atoms with Crippen LogP contribution in [-0.2, 0) is 16.6 Å². The zero-order valence-corrected chi connectivity index (χ0v) is 18.3. The summed E-state index contributed by atoms with van der Waals surface area (Å²) in [4.78, 5) is 7.84. The first kappa shape index (κ1) is 21.1. The van der Waals surface area contributed by atoms with Gasteiger partial charge in [-0.15, -0.1) is 35.3 Å². The second kappa shape index (κ2) is 9.67. The number of guanidine groups is 1. The molecule has 1 aromatic heterocycles. The van der Waals surface area contributed by atoms with E-state index in [1.165, 1.54) is 23.8 Å². The number of nitrogens with two attached hydrogens (primary N) is 1. The van der Waals surface area contributed by atoms with E-state index < -0.39 is 10.0 Å². The summed E-state index contributed by atoms with van der Waals surface area (Å²) < 4.78 is 23.0. The molecule has 0 radical (unpaired) electrons. The zero-order chi connectivity index (χ0) is 17.7. The van der Waals surface area contributed by atoms with Crippen LogP contribution in [0, 0.1) is 0 Å². The van der Waals surface area contributed by atoms with Crippen LogP contribution >= 0.6 is 35.3 Å². The number of rotatable bonds is 4. The minimum absolute atomic E-state index is 0. The van der Waals surface area contributed by atoms with Crippen molar-refractivity contribution in [2.45, 2.75) is 30.0 Å². The van der Waals surface area contributed by atoms with Gasteiger partial charge in [-0.25, -0.2) is 18.5 Å². The molecule has 2 aromatic rings. The minimum atomic E-state index is -3.65. The normalized spacial score (nSPS) is 15.4. The molecule has 0 saturated carbocycles. The number of sulfonamides is 1. The number of thiophene rings is 1. The maximum absolute atomic E-state index is 11.4. The van der Waals surface area contributed by atoms with Crippen molar-refractivity contribution in [3.05, 3.63) is 47.3 Å². The zero-order valence-electron chi connectivity index (χ0n) is 14.3. The molecule has 6 nitrogen and oxygen atoms in total. The number of hydrogen-bond acceptors (Lipinski definition) is 4. The van der Waals surface area contributed by atoms with Crippen LogP contribution in [-0.4, -0.2) is 32.4 Å². The Labute approximate surface area is 175 Å². The molecule has 0 unspecified atom stereocenters. The molecule has 3 N–H and O–H groups in total. The van der Waals surface area contributed by atoms with Gasteiger partial charge in [0.15, 0.2) is 5.96 Å². The van der Waals surface area contributed by atoms with Crippen LogP contribution in [0.15, 0.2) is 51.7 Å². The van der Waals surface area contributed by atoms with Gasteiger partial charge in [0.05, 0.1) is 6.54 Å². The highest BCUT2D eigenvalue weighted by Crippen LogP contribution is 2.21. The predicted octanol–water partition coefficient (Wildman–Crippen LogP) is 3.47. The molecule has 1 fully saturated rings. The first-order chi connectivity index (χ1) is 12.0. The lowest BCUT2D eigenvalue weighted by atomic mass is 10.1. The van der Waals surface area contributed by atoms with Crippen molar-refractivity contribution < 1.29 is 8.42 Å². The first-order valence-corrected chi connectivity index (χ1v) is 10.6. The number of halogens is 1. The fraction of sp³-hybridized carbons (Fsp3) is 0.353. The van der Waals surface area contributed by atoms with Gasteiger partial charge in [-0.3, -0.25) is 0 Å². The summed E-state index contributed by atoms with van der Waals surface area (Å²) in [6.45, 7) is 2.38. The van der Waals surface area contributed by atoms with Gasteiger partial charge < -0.3 is 10.2 Å². The van der Waals surface area contributed by atoms with Crippen LogP contribution < -0.4 is 10.5 Å². The van der Waals surface area contributed by atoms with Crippen molar-refractivity contribution in [2.24, 2.45) is 10.1 Å². The third kappa shape index (κ3) is 5.93. The molecule has 0 aliphatic carbocycles. The Bertz CT molecular complexity index is 831. The fourth-order valence-electron chi connectivity index (χ4n) is 2.72. The number of benzene rings is 1. The second-order valence-electron chi connectivity index (χ2n) is 5.94. The van der Waals surface area contributed by atoms with E-state index in [-0.39, 0.29) is 28.2 Å². The Morgan fingerprint density at radius 1 is 1.12 bits per heavy atom. The summed E-state index contributed by atoms with van der Waals surface area (Å²) in [5.74, 6) is 0.830. The van der Waals surface area contributed by atoms with Crippen LogP contribution in [0.2, 0.25) is 0 Å². The van der Waals surface area contributed by atoms with Gasteiger partial charge in [0.25, 0.3) is 0 Å². The molecule has 9 heteroatoms. The fourth-order valence-corrected chi connectivity index (χ4v) is 4.43. The van der Waals surface area contributed by atoms with E-state index in [9.17, 15) is 8.42 Å². The molecule has 1 aliphatic rings. The Morgan fingerprint density at radius 2 is 1.81 bits per heavy atom. The summed E-state index contributed by atoms with van der Waals surface area (Å²) in [7, 11) is -3.65. The van der Waals surface area contributed by atoms with Gasteiger partial charge in [0.2, 0.25) is 10.0 Å². The van der Waals surface area contributed by atoms with Crippen molar-refractivity contribution in [1.29, 1.82) is 0 Å². The van der Waals surface area contributed by atoms with Crippen LogP contribution in [0.4, 0.5) is 5.69 Å². The monoisotopic (exact) mass is 506 g/mol. The van der Waals surface area contributed by atoms with Gasteiger partial charge >= 0.3 is 0 Å². The van der Waals surface area contributed by atoms with E-state index >= 15 is 0 Å². The molecule has 1 saturated heterocycles. The lowest BCUT2D eigenvalue weighted by Crippen LogP contribution is -2.40. The lowest BCUT2D eigenvalue weighted by molar-refractivity contribution is 0.340. The topological polar surface area (TPSA) is 87.8 Å². The van der Waals surface area contributed by atoms with E-state index in [1.54, 1.807) is 6.07 Å².